The second-order valence-corrected chi connectivity index (χ2v) is 10.4. The van der Waals surface area contributed by atoms with Crippen LogP contribution in [0.25, 0.3) is 28.0 Å². The number of halogens is 1. The zero-order chi connectivity index (χ0) is 25.8. The number of aromatic nitrogens is 1. The first-order valence-electron chi connectivity index (χ1n) is 11.2. The Labute approximate surface area is 205 Å². The van der Waals surface area contributed by atoms with Crippen molar-refractivity contribution in [2.75, 3.05) is 7.11 Å². The van der Waals surface area contributed by atoms with Crippen molar-refractivity contribution in [3.8, 4) is 22.4 Å². The van der Waals surface area contributed by atoms with E-state index in [1.165, 1.54) is 25.3 Å². The maximum Gasteiger partial charge on any atom is 0.326 e. The summed E-state index contributed by atoms with van der Waals surface area (Å²) in [5.41, 5.74) is 3.12. The summed E-state index contributed by atoms with van der Waals surface area (Å²) in [7, 11) is -2.18. The topological polar surface area (TPSA) is 96.7 Å². The van der Waals surface area contributed by atoms with Crippen LogP contribution in [0.3, 0.4) is 0 Å². The van der Waals surface area contributed by atoms with Gasteiger partial charge in [-0.15, -0.1) is 0 Å². The van der Waals surface area contributed by atoms with Gasteiger partial charge in [0.15, 0.2) is 5.16 Å². The number of aliphatic carboxylic acids is 1. The highest BCUT2D eigenvalue weighted by Crippen LogP contribution is 2.53. The van der Waals surface area contributed by atoms with E-state index in [4.69, 9.17) is 4.52 Å². The average molecular weight is 498 g/mol. The fraction of sp³-hybridized carbons (Fsp3) is 0.259. The molecule has 184 valence electrons. The smallest absolute Gasteiger partial charge is 0.326 e. The number of aliphatic hydroxyl groups excluding tert-OH is 1. The second-order valence-electron chi connectivity index (χ2n) is 8.59. The van der Waals surface area contributed by atoms with E-state index in [0.717, 1.165) is 12.7 Å². The Bertz CT molecular complexity index is 1240. The monoisotopic (exact) mass is 497 g/mol. The molecule has 3 aromatic rings. The Morgan fingerprint density at radius 2 is 1.71 bits per heavy atom. The summed E-state index contributed by atoms with van der Waals surface area (Å²) in [6.45, 7) is 4.98. The summed E-state index contributed by atoms with van der Waals surface area (Å²) < 4.78 is 32.0. The van der Waals surface area contributed by atoms with E-state index in [2.05, 4.69) is 4.98 Å². The van der Waals surface area contributed by atoms with Gasteiger partial charge in [0.1, 0.15) is 5.82 Å². The molecule has 35 heavy (non-hydrogen) atoms. The molecule has 0 bridgehead atoms. The molecule has 0 saturated carbocycles. The first-order valence-corrected chi connectivity index (χ1v) is 12.5. The number of rotatable bonds is 9. The lowest BCUT2D eigenvalue weighted by Gasteiger charge is -2.34. The van der Waals surface area contributed by atoms with Gasteiger partial charge in [0, 0.05) is 24.4 Å². The van der Waals surface area contributed by atoms with Gasteiger partial charge in [-0.1, -0.05) is 62.4 Å². The first kappa shape index (κ1) is 26.5. The Balaban J connectivity index is 2.42. The van der Waals surface area contributed by atoms with Crippen LogP contribution in [-0.4, -0.2) is 39.5 Å². The minimum Gasteiger partial charge on any atom is -0.480 e. The third-order valence-electron chi connectivity index (χ3n) is 5.82. The van der Waals surface area contributed by atoms with Gasteiger partial charge < -0.3 is 14.7 Å². The van der Waals surface area contributed by atoms with Crippen molar-refractivity contribution in [1.29, 1.82) is 0 Å². The third kappa shape index (κ3) is 5.27. The van der Waals surface area contributed by atoms with Crippen LogP contribution in [0.5, 0.6) is 0 Å². The Hall–Kier alpha value is -3.12. The number of allylic oxidation sites excluding steroid dienone is 1. The van der Waals surface area contributed by atoms with Crippen molar-refractivity contribution in [2.45, 2.75) is 32.0 Å². The molecule has 0 amide bonds. The number of carbonyl (C=O) groups is 1. The molecule has 0 aliphatic heterocycles. The Morgan fingerprint density at radius 3 is 2.23 bits per heavy atom. The fourth-order valence-corrected chi connectivity index (χ4v) is 5.40. The molecule has 0 radical (unpaired) electrons. The van der Waals surface area contributed by atoms with E-state index in [1.54, 1.807) is 24.3 Å². The van der Waals surface area contributed by atoms with E-state index < -0.39 is 31.1 Å². The zero-order valence-electron chi connectivity index (χ0n) is 20.0. The molecule has 8 heteroatoms. The Morgan fingerprint density at radius 1 is 1.09 bits per heavy atom. The number of aliphatic hydroxyl groups is 1. The van der Waals surface area contributed by atoms with Crippen molar-refractivity contribution in [1.82, 2.24) is 4.98 Å². The molecule has 0 aliphatic rings. The highest BCUT2D eigenvalue weighted by molar-refractivity contribution is 7.43. The third-order valence-corrected chi connectivity index (χ3v) is 7.73. The largest absolute Gasteiger partial charge is 0.480 e. The number of hydrogen-bond donors (Lipinski definition) is 2. The van der Waals surface area contributed by atoms with Gasteiger partial charge in [-0.25, -0.2) is 4.39 Å². The molecule has 0 spiro atoms. The summed E-state index contributed by atoms with van der Waals surface area (Å²) in [6, 6.07) is 17.0. The van der Waals surface area contributed by atoms with Gasteiger partial charge in [0.2, 0.25) is 8.03 Å². The zero-order valence-corrected chi connectivity index (χ0v) is 21.0. The lowest BCUT2D eigenvalue weighted by Crippen LogP contribution is -2.46. The predicted octanol–water partition coefficient (Wildman–Crippen LogP) is 5.92. The molecule has 2 aromatic carbocycles. The summed E-state index contributed by atoms with van der Waals surface area (Å²) in [6.07, 6.45) is 1.63. The fourth-order valence-electron chi connectivity index (χ4n) is 4.12. The van der Waals surface area contributed by atoms with Crippen molar-refractivity contribution in [3.05, 3.63) is 84.3 Å². The van der Waals surface area contributed by atoms with Gasteiger partial charge in [-0.2, -0.15) is 0 Å². The van der Waals surface area contributed by atoms with Crippen LogP contribution in [0.15, 0.2) is 72.9 Å². The molecule has 3 rings (SSSR count). The van der Waals surface area contributed by atoms with Crippen molar-refractivity contribution in [3.63, 3.8) is 0 Å². The highest BCUT2D eigenvalue weighted by atomic mass is 31.1. The molecule has 3 atom stereocenters. The predicted molar refractivity (Wildman–Crippen MR) is 136 cm³/mol. The number of benzene rings is 2. The standard InChI is InChI=1S/C27H29FNO5P/c1-17(2)14-24(27(18(3)30,26(31)32)35(33)34-4)23-16-29-25(20-8-6-5-7-9-20)15-22(23)19-10-12-21(28)13-11-19/h5-18,30,35H,1-4H3,(H,31,32). The molecule has 0 aliphatic carbocycles. The maximum absolute atomic E-state index is 13.7. The number of nitrogens with zero attached hydrogens (tertiary/aromatic N) is 1. The number of hydrogen-bond acceptors (Lipinski definition) is 5. The van der Waals surface area contributed by atoms with Gasteiger partial charge in [0.25, 0.3) is 0 Å². The van der Waals surface area contributed by atoms with Crippen LogP contribution in [0.2, 0.25) is 0 Å². The Kier molecular flexibility index (Phi) is 8.39. The number of pyridine rings is 1. The van der Waals surface area contributed by atoms with E-state index in [1.807, 2.05) is 44.2 Å². The lowest BCUT2D eigenvalue weighted by molar-refractivity contribution is -0.141. The van der Waals surface area contributed by atoms with Crippen molar-refractivity contribution >= 4 is 19.6 Å². The van der Waals surface area contributed by atoms with Crippen LogP contribution in [0.4, 0.5) is 4.39 Å². The maximum atomic E-state index is 13.7. The number of carboxylic acids is 1. The second kappa shape index (κ2) is 11.1. The summed E-state index contributed by atoms with van der Waals surface area (Å²) in [5.74, 6) is -2.05. The van der Waals surface area contributed by atoms with E-state index in [9.17, 15) is 24.0 Å². The van der Waals surface area contributed by atoms with Gasteiger partial charge in [-0.05, 0) is 47.7 Å². The molecule has 3 unspecified atom stereocenters. The van der Waals surface area contributed by atoms with Crippen molar-refractivity contribution < 1.29 is 28.5 Å². The minimum absolute atomic E-state index is 0.132. The quantitative estimate of drug-likeness (QED) is 0.356. The molecule has 6 nitrogen and oxygen atoms in total. The molecular formula is C27H29FNO5P. The van der Waals surface area contributed by atoms with E-state index in [-0.39, 0.29) is 11.5 Å². The van der Waals surface area contributed by atoms with Gasteiger partial charge in [0.05, 0.1) is 11.8 Å². The molecule has 0 saturated heterocycles. The van der Waals surface area contributed by atoms with Crippen molar-refractivity contribution in [2.24, 2.45) is 5.92 Å². The minimum atomic E-state index is -3.34. The SMILES string of the molecule is CO[PH](=O)C(C(=O)O)(C(=CC(C)C)c1cnc(-c2ccccc2)cc1-c1ccc(F)cc1)C(C)O. The molecule has 0 fully saturated rings. The van der Waals surface area contributed by atoms with Crippen LogP contribution in [0, 0.1) is 11.7 Å². The number of carboxylic acid groups (broad SMARTS) is 1. The van der Waals surface area contributed by atoms with Gasteiger partial charge >= 0.3 is 5.97 Å². The highest BCUT2D eigenvalue weighted by Gasteiger charge is 2.53. The average Bonchev–Trinajstić information content (AvgIpc) is 2.83. The first-order chi connectivity index (χ1) is 16.6. The summed E-state index contributed by atoms with van der Waals surface area (Å²) in [4.78, 5) is 17.3. The van der Waals surface area contributed by atoms with Crippen LogP contribution < -0.4 is 0 Å². The molecule has 2 N–H and O–H groups in total. The van der Waals surface area contributed by atoms with Crippen LogP contribution in [-0.2, 0) is 13.9 Å². The lowest BCUT2D eigenvalue weighted by atomic mass is 9.82. The summed E-state index contributed by atoms with van der Waals surface area (Å²) >= 11 is 0. The molecule has 1 aromatic heterocycles. The normalized spacial score (nSPS) is 15.5. The summed E-state index contributed by atoms with van der Waals surface area (Å²) in [5, 5.41) is 18.9. The van der Waals surface area contributed by atoms with Crippen LogP contribution in [0.1, 0.15) is 26.3 Å². The van der Waals surface area contributed by atoms with Crippen LogP contribution >= 0.6 is 8.03 Å². The van der Waals surface area contributed by atoms with Gasteiger partial charge in [-0.3, -0.25) is 14.3 Å². The molecule has 1 heterocycles. The molecular weight excluding hydrogens is 468 g/mol. The van der Waals surface area contributed by atoms with E-state index in [0.29, 0.717) is 22.4 Å². The van der Waals surface area contributed by atoms with E-state index >= 15 is 0 Å².